The van der Waals surface area contributed by atoms with Crippen molar-refractivity contribution in [3.8, 4) is 0 Å². The highest BCUT2D eigenvalue weighted by molar-refractivity contribution is 7.99. The molecule has 0 bridgehead atoms. The molecular weight excluding hydrogens is 274 g/mol. The lowest BCUT2D eigenvalue weighted by Gasteiger charge is -2.03. The molecule has 0 aliphatic carbocycles. The van der Waals surface area contributed by atoms with E-state index in [0.717, 1.165) is 4.90 Å². The first kappa shape index (κ1) is 12.7. The number of nitrogens with two attached hydrogens (primary N) is 1. The van der Waals surface area contributed by atoms with Gasteiger partial charge in [0.15, 0.2) is 0 Å². The predicted molar refractivity (Wildman–Crippen MR) is 70.9 cm³/mol. The largest absolute Gasteiger partial charge is 0.378 e. The van der Waals surface area contributed by atoms with Crippen LogP contribution in [0.3, 0.4) is 0 Å². The second-order valence-corrected chi connectivity index (χ2v) is 4.81. The fourth-order valence-corrected chi connectivity index (χ4v) is 2.37. The van der Waals surface area contributed by atoms with Crippen molar-refractivity contribution in [1.29, 1.82) is 0 Å². The second-order valence-electron chi connectivity index (χ2n) is 3.34. The molecule has 5 nitrogen and oxygen atoms in total. The van der Waals surface area contributed by atoms with Crippen LogP contribution in [0, 0.1) is 10.1 Å². The molecule has 0 unspecified atom stereocenters. The number of hydrogen-bond acceptors (Lipinski definition) is 5. The lowest BCUT2D eigenvalue weighted by molar-refractivity contribution is -0.384. The first-order valence-electron chi connectivity index (χ1n) is 4.91. The van der Waals surface area contributed by atoms with Crippen LogP contribution in [0.5, 0.6) is 0 Å². The Balaban J connectivity index is 2.29. The zero-order valence-electron chi connectivity index (χ0n) is 9.04. The summed E-state index contributed by atoms with van der Waals surface area (Å²) < 4.78 is 0. The van der Waals surface area contributed by atoms with E-state index in [1.54, 1.807) is 12.1 Å². The van der Waals surface area contributed by atoms with Gasteiger partial charge in [0, 0.05) is 11.0 Å². The van der Waals surface area contributed by atoms with E-state index >= 15 is 0 Å². The SMILES string of the molecule is Nc1nc(Sc2ccccc2Cl)ccc1[N+](=O)[O-]. The number of aromatic nitrogens is 1. The molecule has 0 atom stereocenters. The minimum Gasteiger partial charge on any atom is -0.378 e. The minimum atomic E-state index is -0.563. The molecule has 0 saturated carbocycles. The highest BCUT2D eigenvalue weighted by atomic mass is 35.5. The Morgan fingerprint density at radius 3 is 2.61 bits per heavy atom. The first-order chi connectivity index (χ1) is 8.58. The Morgan fingerprint density at radius 2 is 2.00 bits per heavy atom. The molecule has 2 rings (SSSR count). The number of nitrogens with zero attached hydrogens (tertiary/aromatic N) is 2. The van der Waals surface area contributed by atoms with Gasteiger partial charge in [-0.3, -0.25) is 10.1 Å². The Morgan fingerprint density at radius 1 is 1.28 bits per heavy atom. The van der Waals surface area contributed by atoms with Crippen LogP contribution in [-0.4, -0.2) is 9.91 Å². The molecule has 1 aromatic carbocycles. The Hall–Kier alpha value is -1.79. The molecule has 0 amide bonds. The van der Waals surface area contributed by atoms with E-state index < -0.39 is 4.92 Å². The van der Waals surface area contributed by atoms with Gasteiger partial charge in [0.05, 0.1) is 9.95 Å². The van der Waals surface area contributed by atoms with Crippen molar-refractivity contribution in [3.63, 3.8) is 0 Å². The van der Waals surface area contributed by atoms with Crippen molar-refractivity contribution in [2.75, 3.05) is 5.73 Å². The van der Waals surface area contributed by atoms with Gasteiger partial charge in [-0.15, -0.1) is 0 Å². The molecule has 0 aliphatic rings. The van der Waals surface area contributed by atoms with Crippen LogP contribution in [0.15, 0.2) is 46.3 Å². The van der Waals surface area contributed by atoms with Crippen molar-refractivity contribution in [1.82, 2.24) is 4.98 Å². The molecule has 1 aromatic heterocycles. The molecule has 0 spiro atoms. The number of halogens is 1. The van der Waals surface area contributed by atoms with Gasteiger partial charge in [0.2, 0.25) is 5.82 Å². The van der Waals surface area contributed by atoms with Gasteiger partial charge in [-0.2, -0.15) is 0 Å². The molecule has 0 fully saturated rings. The monoisotopic (exact) mass is 281 g/mol. The summed E-state index contributed by atoms with van der Waals surface area (Å²) in [7, 11) is 0. The zero-order valence-corrected chi connectivity index (χ0v) is 10.6. The Kier molecular flexibility index (Phi) is 3.69. The van der Waals surface area contributed by atoms with Gasteiger partial charge in [-0.25, -0.2) is 4.98 Å². The summed E-state index contributed by atoms with van der Waals surface area (Å²) in [5.74, 6) is -0.1000. The van der Waals surface area contributed by atoms with Crippen molar-refractivity contribution in [2.24, 2.45) is 0 Å². The maximum Gasteiger partial charge on any atom is 0.311 e. The van der Waals surface area contributed by atoms with Crippen molar-refractivity contribution in [2.45, 2.75) is 9.92 Å². The number of hydrogen-bond donors (Lipinski definition) is 1. The second kappa shape index (κ2) is 5.24. The van der Waals surface area contributed by atoms with Crippen LogP contribution in [0.1, 0.15) is 0 Å². The van der Waals surface area contributed by atoms with Gasteiger partial charge in [0.25, 0.3) is 0 Å². The van der Waals surface area contributed by atoms with Gasteiger partial charge >= 0.3 is 5.69 Å². The van der Waals surface area contributed by atoms with Gasteiger partial charge in [0.1, 0.15) is 5.03 Å². The van der Waals surface area contributed by atoms with Crippen LogP contribution >= 0.6 is 23.4 Å². The van der Waals surface area contributed by atoms with E-state index in [1.165, 1.54) is 17.8 Å². The van der Waals surface area contributed by atoms with E-state index in [4.69, 9.17) is 17.3 Å². The summed E-state index contributed by atoms with van der Waals surface area (Å²) in [5, 5.41) is 11.8. The first-order valence-corrected chi connectivity index (χ1v) is 6.10. The molecule has 1 heterocycles. The quantitative estimate of drug-likeness (QED) is 0.689. The zero-order chi connectivity index (χ0) is 13.1. The molecule has 2 N–H and O–H groups in total. The van der Waals surface area contributed by atoms with E-state index in [1.807, 2.05) is 18.2 Å². The van der Waals surface area contributed by atoms with Crippen LogP contribution in [0.25, 0.3) is 0 Å². The Bertz CT molecular complexity index is 607. The highest BCUT2D eigenvalue weighted by Gasteiger charge is 2.13. The molecule has 2 aromatic rings. The topological polar surface area (TPSA) is 82.0 Å². The lowest BCUT2D eigenvalue weighted by atomic mass is 10.4. The molecule has 0 saturated heterocycles. The summed E-state index contributed by atoms with van der Waals surface area (Å²) in [6.07, 6.45) is 0. The van der Waals surface area contributed by atoms with Crippen molar-refractivity contribution < 1.29 is 4.92 Å². The van der Waals surface area contributed by atoms with Crippen molar-refractivity contribution >= 4 is 34.9 Å². The van der Waals surface area contributed by atoms with E-state index in [-0.39, 0.29) is 11.5 Å². The third-order valence-corrected chi connectivity index (χ3v) is 3.58. The number of nitro groups is 1. The van der Waals surface area contributed by atoms with Crippen LogP contribution in [0.4, 0.5) is 11.5 Å². The van der Waals surface area contributed by atoms with E-state index in [2.05, 4.69) is 4.98 Å². The normalized spacial score (nSPS) is 10.3. The molecule has 0 aliphatic heterocycles. The third kappa shape index (κ3) is 2.72. The van der Waals surface area contributed by atoms with E-state index in [9.17, 15) is 10.1 Å². The minimum absolute atomic E-state index is 0.1000. The number of rotatable bonds is 3. The van der Waals surface area contributed by atoms with Gasteiger partial charge in [-0.05, 0) is 18.2 Å². The average molecular weight is 282 g/mol. The molecule has 7 heteroatoms. The third-order valence-electron chi connectivity index (χ3n) is 2.12. The average Bonchev–Trinajstić information content (AvgIpc) is 2.32. The van der Waals surface area contributed by atoms with Crippen LogP contribution in [0.2, 0.25) is 5.02 Å². The van der Waals surface area contributed by atoms with Crippen LogP contribution < -0.4 is 5.73 Å². The van der Waals surface area contributed by atoms with Crippen molar-refractivity contribution in [3.05, 3.63) is 51.5 Å². The smallest absolute Gasteiger partial charge is 0.311 e. The fraction of sp³-hybridized carbons (Fsp3) is 0. The molecule has 0 radical (unpaired) electrons. The Labute approximate surface area is 112 Å². The van der Waals surface area contributed by atoms with Gasteiger partial charge < -0.3 is 5.73 Å². The standard InChI is InChI=1S/C11H8ClN3O2S/c12-7-3-1-2-4-9(7)18-10-6-5-8(15(16)17)11(13)14-10/h1-6H,(H2,13,14). The summed E-state index contributed by atoms with van der Waals surface area (Å²) in [6.45, 7) is 0. The number of pyridine rings is 1. The summed E-state index contributed by atoms with van der Waals surface area (Å²) in [4.78, 5) is 14.8. The number of benzene rings is 1. The molecule has 18 heavy (non-hydrogen) atoms. The summed E-state index contributed by atoms with van der Waals surface area (Å²) in [5.41, 5.74) is 5.32. The summed E-state index contributed by atoms with van der Waals surface area (Å²) in [6, 6.07) is 10.2. The highest BCUT2D eigenvalue weighted by Crippen LogP contribution is 2.33. The molecule has 92 valence electrons. The van der Waals surface area contributed by atoms with E-state index in [0.29, 0.717) is 10.0 Å². The summed E-state index contributed by atoms with van der Waals surface area (Å²) >= 11 is 7.31. The lowest BCUT2D eigenvalue weighted by Crippen LogP contribution is -1.98. The molecular formula is C11H8ClN3O2S. The van der Waals surface area contributed by atoms with Crippen LogP contribution in [-0.2, 0) is 0 Å². The maximum absolute atomic E-state index is 10.6. The maximum atomic E-state index is 10.6. The predicted octanol–water partition coefficient (Wildman–Crippen LogP) is 3.38. The van der Waals surface area contributed by atoms with Gasteiger partial charge in [-0.1, -0.05) is 35.5 Å². The number of nitrogen functional groups attached to an aromatic ring is 1. The fourth-order valence-electron chi connectivity index (χ4n) is 1.30. The number of anilines is 1.